The van der Waals surface area contributed by atoms with Gasteiger partial charge in [-0.3, -0.25) is 14.9 Å². The van der Waals surface area contributed by atoms with Crippen LogP contribution in [-0.4, -0.2) is 43.3 Å². The van der Waals surface area contributed by atoms with Crippen molar-refractivity contribution in [2.24, 2.45) is 5.10 Å². The number of nitro benzene ring substituents is 1. The number of ether oxygens (including phenoxy) is 3. The maximum Gasteiger partial charge on any atom is 0.343 e. The fourth-order valence-corrected chi connectivity index (χ4v) is 2.76. The summed E-state index contributed by atoms with van der Waals surface area (Å²) >= 11 is 6.22. The molecule has 0 saturated heterocycles. The third kappa shape index (κ3) is 6.96. The number of rotatable bonds is 10. The zero-order valence-corrected chi connectivity index (χ0v) is 17.5. The highest BCUT2D eigenvalue weighted by atomic mass is 35.5. The number of carbonyl (C=O) groups is 2. The summed E-state index contributed by atoms with van der Waals surface area (Å²) in [6.07, 6.45) is 1.12. The number of amides is 1. The zero-order chi connectivity index (χ0) is 22.8. The van der Waals surface area contributed by atoms with Crippen molar-refractivity contribution in [1.29, 1.82) is 0 Å². The minimum atomic E-state index is -0.578. The number of benzene rings is 2. The van der Waals surface area contributed by atoms with Crippen LogP contribution in [0.4, 0.5) is 5.69 Å². The van der Waals surface area contributed by atoms with Crippen LogP contribution in [0, 0.1) is 10.1 Å². The molecule has 1 amide bonds. The lowest BCUT2D eigenvalue weighted by Gasteiger charge is -2.13. The first kappa shape index (κ1) is 23.6. The zero-order valence-electron chi connectivity index (χ0n) is 16.8. The summed E-state index contributed by atoms with van der Waals surface area (Å²) in [4.78, 5) is 33.9. The molecule has 0 heterocycles. The number of nitrogens with one attached hydrogen (secondary N) is 1. The van der Waals surface area contributed by atoms with Gasteiger partial charge >= 0.3 is 5.97 Å². The van der Waals surface area contributed by atoms with Crippen LogP contribution in [0.3, 0.4) is 0 Å². The number of para-hydroxylation sites is 1. The number of hydrogen-bond donors (Lipinski definition) is 1. The van der Waals surface area contributed by atoms with Crippen molar-refractivity contribution in [3.63, 3.8) is 0 Å². The predicted octanol–water partition coefficient (Wildman–Crippen LogP) is 2.89. The normalized spacial score (nSPS) is 10.5. The minimum absolute atomic E-state index is 0.141. The molecule has 2 rings (SSSR count). The Balaban J connectivity index is 2.09. The highest BCUT2D eigenvalue weighted by molar-refractivity contribution is 6.32. The lowest BCUT2D eigenvalue weighted by molar-refractivity contribution is -0.385. The van der Waals surface area contributed by atoms with Crippen molar-refractivity contribution >= 4 is 35.4 Å². The molecule has 2 aromatic carbocycles. The van der Waals surface area contributed by atoms with E-state index in [2.05, 4.69) is 15.3 Å². The number of halogens is 1. The van der Waals surface area contributed by atoms with E-state index in [-0.39, 0.29) is 40.8 Å². The van der Waals surface area contributed by atoms with E-state index in [0.29, 0.717) is 12.2 Å². The second-order valence-corrected chi connectivity index (χ2v) is 6.39. The summed E-state index contributed by atoms with van der Waals surface area (Å²) in [5, 5.41) is 15.0. The molecule has 0 aromatic heterocycles. The van der Waals surface area contributed by atoms with Crippen molar-refractivity contribution in [2.45, 2.75) is 13.3 Å². The Morgan fingerprint density at radius 3 is 2.68 bits per heavy atom. The smallest absolute Gasteiger partial charge is 0.343 e. The van der Waals surface area contributed by atoms with Crippen LogP contribution < -0.4 is 14.9 Å². The van der Waals surface area contributed by atoms with E-state index in [4.69, 9.17) is 21.1 Å². The molecule has 10 nitrogen and oxygen atoms in total. The van der Waals surface area contributed by atoms with Crippen molar-refractivity contribution in [3.05, 3.63) is 62.7 Å². The third-order valence-corrected chi connectivity index (χ3v) is 4.12. The summed E-state index contributed by atoms with van der Waals surface area (Å²) < 4.78 is 15.4. The number of carbonyl (C=O) groups excluding carboxylic acids is 2. The molecular formula is C20H20ClN3O7. The average Bonchev–Trinajstić information content (AvgIpc) is 2.73. The molecule has 0 unspecified atom stereocenters. The summed E-state index contributed by atoms with van der Waals surface area (Å²) in [5.41, 5.74) is 2.93. The van der Waals surface area contributed by atoms with Gasteiger partial charge in [-0.1, -0.05) is 29.8 Å². The average molecular weight is 450 g/mol. The molecule has 0 aliphatic heterocycles. The van der Waals surface area contributed by atoms with Crippen LogP contribution in [0.5, 0.6) is 11.5 Å². The molecule has 0 radical (unpaired) electrons. The number of hydrazone groups is 1. The van der Waals surface area contributed by atoms with E-state index in [9.17, 15) is 19.7 Å². The summed E-state index contributed by atoms with van der Waals surface area (Å²) in [7, 11) is 1.24. The fourth-order valence-electron chi connectivity index (χ4n) is 2.49. The molecule has 0 bridgehead atoms. The van der Waals surface area contributed by atoms with Gasteiger partial charge in [0, 0.05) is 11.6 Å². The quantitative estimate of drug-likeness (QED) is 0.255. The molecule has 164 valence electrons. The first-order valence-electron chi connectivity index (χ1n) is 9.05. The summed E-state index contributed by atoms with van der Waals surface area (Å²) in [6.45, 7) is 1.74. The second kappa shape index (κ2) is 11.5. The molecule has 1 N–H and O–H groups in total. The summed E-state index contributed by atoms with van der Waals surface area (Å²) in [5.74, 6) is -0.650. The standard InChI is InChI=1S/C20H20ClN3O7/c1-3-30-17-9-13(8-15(21)20(17)31-12-19(26)29-2)11-22-23-18(25)10-14-6-4-5-7-16(14)24(27)28/h4-9,11H,3,10,12H2,1-2H3,(H,23,25)/b22-11+. The second-order valence-electron chi connectivity index (χ2n) is 5.98. The number of nitrogens with zero attached hydrogens (tertiary/aromatic N) is 2. The van der Waals surface area contributed by atoms with Gasteiger partial charge in [-0.15, -0.1) is 0 Å². The van der Waals surface area contributed by atoms with Crippen molar-refractivity contribution in [3.8, 4) is 11.5 Å². The highest BCUT2D eigenvalue weighted by Crippen LogP contribution is 2.36. The minimum Gasteiger partial charge on any atom is -0.490 e. The first-order valence-corrected chi connectivity index (χ1v) is 9.43. The molecule has 0 fully saturated rings. The third-order valence-electron chi connectivity index (χ3n) is 3.84. The largest absolute Gasteiger partial charge is 0.490 e. The number of methoxy groups -OCH3 is 1. The maximum absolute atomic E-state index is 12.1. The van der Waals surface area contributed by atoms with E-state index in [1.165, 1.54) is 37.6 Å². The maximum atomic E-state index is 12.1. The molecule has 31 heavy (non-hydrogen) atoms. The number of esters is 1. The van der Waals surface area contributed by atoms with Gasteiger partial charge in [0.05, 0.1) is 36.3 Å². The molecule has 0 aliphatic carbocycles. The van der Waals surface area contributed by atoms with E-state index in [1.54, 1.807) is 19.1 Å². The number of hydrogen-bond acceptors (Lipinski definition) is 8. The Kier molecular flexibility index (Phi) is 8.77. The topological polar surface area (TPSA) is 129 Å². The van der Waals surface area contributed by atoms with Crippen LogP contribution in [0.25, 0.3) is 0 Å². The van der Waals surface area contributed by atoms with E-state index < -0.39 is 16.8 Å². The van der Waals surface area contributed by atoms with Crippen LogP contribution in [0.1, 0.15) is 18.1 Å². The molecule has 2 aromatic rings. The molecule has 0 atom stereocenters. The SMILES string of the molecule is CCOc1cc(/C=N/NC(=O)Cc2ccccc2[N+](=O)[O-])cc(Cl)c1OCC(=O)OC. The number of nitro groups is 1. The van der Waals surface area contributed by atoms with E-state index >= 15 is 0 Å². The lowest BCUT2D eigenvalue weighted by atomic mass is 10.1. The fraction of sp³-hybridized carbons (Fsp3) is 0.250. The first-order chi connectivity index (χ1) is 14.8. The van der Waals surface area contributed by atoms with Gasteiger partial charge in [0.1, 0.15) is 0 Å². The Bertz CT molecular complexity index is 995. The van der Waals surface area contributed by atoms with Crippen LogP contribution in [0.15, 0.2) is 41.5 Å². The van der Waals surface area contributed by atoms with Crippen molar-refractivity contribution < 1.29 is 28.7 Å². The molecule has 11 heteroatoms. The van der Waals surface area contributed by atoms with Crippen molar-refractivity contribution in [2.75, 3.05) is 20.3 Å². The molecule has 0 aliphatic rings. The van der Waals surface area contributed by atoms with Gasteiger partial charge in [-0.25, -0.2) is 10.2 Å². The molecule has 0 saturated carbocycles. The Morgan fingerprint density at radius 2 is 2.00 bits per heavy atom. The van der Waals surface area contributed by atoms with Crippen LogP contribution >= 0.6 is 11.6 Å². The van der Waals surface area contributed by atoms with Gasteiger partial charge in [0.2, 0.25) is 5.91 Å². The molecular weight excluding hydrogens is 430 g/mol. The predicted molar refractivity (Wildman–Crippen MR) is 113 cm³/mol. The van der Waals surface area contributed by atoms with Gasteiger partial charge in [-0.2, -0.15) is 5.10 Å². The van der Waals surface area contributed by atoms with Crippen LogP contribution in [-0.2, 0) is 20.7 Å². The van der Waals surface area contributed by atoms with Gasteiger partial charge in [0.25, 0.3) is 5.69 Å². The van der Waals surface area contributed by atoms with Gasteiger partial charge in [0.15, 0.2) is 18.1 Å². The Hall–Kier alpha value is -3.66. The van der Waals surface area contributed by atoms with Crippen LogP contribution in [0.2, 0.25) is 5.02 Å². The van der Waals surface area contributed by atoms with Gasteiger partial charge < -0.3 is 14.2 Å². The lowest BCUT2D eigenvalue weighted by Crippen LogP contribution is -2.20. The Morgan fingerprint density at radius 1 is 1.26 bits per heavy atom. The van der Waals surface area contributed by atoms with E-state index in [1.807, 2.05) is 0 Å². The van der Waals surface area contributed by atoms with Gasteiger partial charge in [-0.05, 0) is 24.6 Å². The summed E-state index contributed by atoms with van der Waals surface area (Å²) in [6, 6.07) is 9.04. The monoisotopic (exact) mass is 449 g/mol. The molecule has 0 spiro atoms. The highest BCUT2D eigenvalue weighted by Gasteiger charge is 2.16. The van der Waals surface area contributed by atoms with E-state index in [0.717, 1.165) is 0 Å². The Labute approximate surface area is 182 Å². The van der Waals surface area contributed by atoms with Crippen molar-refractivity contribution in [1.82, 2.24) is 5.43 Å².